The monoisotopic (exact) mass is 373 g/mol. The Morgan fingerprint density at radius 3 is 2.25 bits per heavy atom. The van der Waals surface area contributed by atoms with Gasteiger partial charge in [0.15, 0.2) is 0 Å². The number of carbonyl (C=O) groups is 2. The molecule has 1 unspecified atom stereocenters. The van der Waals surface area contributed by atoms with Crippen LogP contribution in [0.25, 0.3) is 11.1 Å². The Bertz CT molecular complexity index is 1050. The molecular weight excluding hydrogens is 354 g/mol. The predicted octanol–water partition coefficient (Wildman–Crippen LogP) is 4.19. The van der Waals surface area contributed by atoms with Crippen molar-refractivity contribution < 1.29 is 19.8 Å². The molecule has 5 nitrogen and oxygen atoms in total. The topological polar surface area (TPSA) is 86.6 Å². The van der Waals surface area contributed by atoms with E-state index in [2.05, 4.69) is 29.6 Å². The SMILES string of the molecule is O=C(O)C[C@H](Nc1cccc2c1C(c1ccccc1)c1ccccc1-2)C(=O)O. The molecule has 3 aromatic rings. The zero-order valence-electron chi connectivity index (χ0n) is 15.0. The van der Waals surface area contributed by atoms with E-state index in [-0.39, 0.29) is 5.92 Å². The van der Waals surface area contributed by atoms with E-state index in [1.165, 1.54) is 0 Å². The van der Waals surface area contributed by atoms with Gasteiger partial charge in [0.25, 0.3) is 0 Å². The number of aliphatic carboxylic acids is 2. The largest absolute Gasteiger partial charge is 0.481 e. The number of anilines is 1. The molecule has 5 heteroatoms. The third-order valence-electron chi connectivity index (χ3n) is 5.10. The maximum absolute atomic E-state index is 11.6. The highest BCUT2D eigenvalue weighted by Gasteiger charge is 2.33. The van der Waals surface area contributed by atoms with Gasteiger partial charge < -0.3 is 15.5 Å². The molecule has 140 valence electrons. The van der Waals surface area contributed by atoms with Crippen LogP contribution in [0.5, 0.6) is 0 Å². The first-order valence-electron chi connectivity index (χ1n) is 9.04. The molecule has 0 radical (unpaired) electrons. The highest BCUT2D eigenvalue weighted by molar-refractivity contribution is 5.88. The predicted molar refractivity (Wildman–Crippen MR) is 107 cm³/mol. The molecule has 1 aliphatic carbocycles. The fourth-order valence-corrected chi connectivity index (χ4v) is 3.94. The smallest absolute Gasteiger partial charge is 0.326 e. The van der Waals surface area contributed by atoms with E-state index in [4.69, 9.17) is 5.11 Å². The van der Waals surface area contributed by atoms with Gasteiger partial charge in [-0.15, -0.1) is 0 Å². The summed E-state index contributed by atoms with van der Waals surface area (Å²) in [6, 6.07) is 22.7. The Hall–Kier alpha value is -3.60. The molecule has 0 fully saturated rings. The zero-order chi connectivity index (χ0) is 19.7. The average molecular weight is 373 g/mol. The minimum atomic E-state index is -1.20. The summed E-state index contributed by atoms with van der Waals surface area (Å²) < 4.78 is 0. The lowest BCUT2D eigenvalue weighted by atomic mass is 9.88. The van der Waals surface area contributed by atoms with Gasteiger partial charge in [-0.3, -0.25) is 4.79 Å². The standard InChI is InChI=1S/C23H19NO4/c25-20(26)13-19(23(27)28)24-18-12-6-11-17-15-9-4-5-10-16(15)21(22(17)18)14-7-2-1-3-8-14/h1-12,19,21,24H,13H2,(H,25,26)(H,27,28)/t19-,21?/m0/s1. The van der Waals surface area contributed by atoms with Crippen LogP contribution in [0.2, 0.25) is 0 Å². The molecule has 0 spiro atoms. The van der Waals surface area contributed by atoms with Crippen LogP contribution >= 0.6 is 0 Å². The van der Waals surface area contributed by atoms with Crippen molar-refractivity contribution in [1.82, 2.24) is 0 Å². The van der Waals surface area contributed by atoms with E-state index in [0.717, 1.165) is 27.8 Å². The Labute approximate surface area is 162 Å². The lowest BCUT2D eigenvalue weighted by molar-refractivity contribution is -0.144. The van der Waals surface area contributed by atoms with Gasteiger partial charge >= 0.3 is 11.9 Å². The van der Waals surface area contributed by atoms with E-state index >= 15 is 0 Å². The Morgan fingerprint density at radius 2 is 1.54 bits per heavy atom. The minimum Gasteiger partial charge on any atom is -0.481 e. The Balaban J connectivity index is 1.85. The first kappa shape index (κ1) is 17.8. The van der Waals surface area contributed by atoms with Gasteiger partial charge in [-0.1, -0.05) is 66.7 Å². The third kappa shape index (κ3) is 3.11. The van der Waals surface area contributed by atoms with Crippen molar-refractivity contribution in [2.24, 2.45) is 0 Å². The number of carboxylic acids is 2. The van der Waals surface area contributed by atoms with Crippen molar-refractivity contribution in [3.8, 4) is 11.1 Å². The quantitative estimate of drug-likeness (QED) is 0.472. The highest BCUT2D eigenvalue weighted by Crippen LogP contribution is 2.50. The second kappa shape index (κ2) is 7.19. The van der Waals surface area contributed by atoms with E-state index in [0.29, 0.717) is 5.69 Å². The lowest BCUT2D eigenvalue weighted by Gasteiger charge is -2.21. The van der Waals surface area contributed by atoms with E-state index < -0.39 is 24.4 Å². The van der Waals surface area contributed by atoms with Crippen LogP contribution in [0.15, 0.2) is 72.8 Å². The fraction of sp³-hybridized carbons (Fsp3) is 0.130. The number of carboxylic acid groups (broad SMARTS) is 2. The summed E-state index contributed by atoms with van der Waals surface area (Å²) in [6.45, 7) is 0. The molecule has 0 aliphatic heterocycles. The van der Waals surface area contributed by atoms with Gasteiger partial charge in [0.05, 0.1) is 6.42 Å². The maximum atomic E-state index is 11.6. The number of benzene rings is 3. The van der Waals surface area contributed by atoms with Gasteiger partial charge in [0.1, 0.15) is 6.04 Å². The van der Waals surface area contributed by atoms with Crippen molar-refractivity contribution >= 4 is 17.6 Å². The molecular formula is C23H19NO4. The van der Waals surface area contributed by atoms with Crippen LogP contribution in [0.3, 0.4) is 0 Å². The van der Waals surface area contributed by atoms with Gasteiger partial charge in [0, 0.05) is 11.6 Å². The van der Waals surface area contributed by atoms with E-state index in [9.17, 15) is 14.7 Å². The molecule has 0 heterocycles. The molecule has 3 aromatic carbocycles. The van der Waals surface area contributed by atoms with Crippen LogP contribution in [-0.4, -0.2) is 28.2 Å². The van der Waals surface area contributed by atoms with Crippen LogP contribution < -0.4 is 5.32 Å². The van der Waals surface area contributed by atoms with E-state index in [1.807, 2.05) is 48.5 Å². The molecule has 0 saturated carbocycles. The number of rotatable bonds is 6. The van der Waals surface area contributed by atoms with Crippen LogP contribution in [0.4, 0.5) is 5.69 Å². The van der Waals surface area contributed by atoms with Crippen LogP contribution in [0.1, 0.15) is 29.0 Å². The molecule has 2 atom stereocenters. The van der Waals surface area contributed by atoms with Gasteiger partial charge in [-0.25, -0.2) is 4.79 Å². The lowest BCUT2D eigenvalue weighted by Crippen LogP contribution is -2.32. The van der Waals surface area contributed by atoms with Gasteiger partial charge in [-0.2, -0.15) is 0 Å². The second-order valence-electron chi connectivity index (χ2n) is 6.83. The average Bonchev–Trinajstić information content (AvgIpc) is 3.03. The zero-order valence-corrected chi connectivity index (χ0v) is 15.0. The summed E-state index contributed by atoms with van der Waals surface area (Å²) in [4.78, 5) is 22.7. The van der Waals surface area contributed by atoms with Crippen LogP contribution in [0, 0.1) is 0 Å². The Kier molecular flexibility index (Phi) is 4.57. The van der Waals surface area contributed by atoms with Crippen molar-refractivity contribution in [1.29, 1.82) is 0 Å². The van der Waals surface area contributed by atoms with Crippen LogP contribution in [-0.2, 0) is 9.59 Å². The number of hydrogen-bond donors (Lipinski definition) is 3. The summed E-state index contributed by atoms with van der Waals surface area (Å²) in [5.74, 6) is -2.39. The molecule has 28 heavy (non-hydrogen) atoms. The molecule has 0 saturated heterocycles. The number of nitrogens with one attached hydrogen (secondary N) is 1. The fourth-order valence-electron chi connectivity index (χ4n) is 3.94. The van der Waals surface area contributed by atoms with Gasteiger partial charge in [-0.05, 0) is 33.9 Å². The summed E-state index contributed by atoms with van der Waals surface area (Å²) in [6.07, 6.45) is -0.498. The van der Waals surface area contributed by atoms with Crippen molar-refractivity contribution in [3.05, 3.63) is 89.5 Å². The first-order valence-corrected chi connectivity index (χ1v) is 9.04. The van der Waals surface area contributed by atoms with Gasteiger partial charge in [0.2, 0.25) is 0 Å². The number of hydrogen-bond acceptors (Lipinski definition) is 3. The summed E-state index contributed by atoms with van der Waals surface area (Å²) in [5, 5.41) is 21.5. The molecule has 4 rings (SSSR count). The molecule has 0 bridgehead atoms. The second-order valence-corrected chi connectivity index (χ2v) is 6.83. The van der Waals surface area contributed by atoms with E-state index in [1.54, 1.807) is 0 Å². The Morgan fingerprint density at radius 1 is 0.857 bits per heavy atom. The molecule has 0 aromatic heterocycles. The van der Waals surface area contributed by atoms with Crippen molar-refractivity contribution in [2.45, 2.75) is 18.4 Å². The summed E-state index contributed by atoms with van der Waals surface area (Å²) in [7, 11) is 0. The minimum absolute atomic E-state index is 0.0460. The molecule has 1 aliphatic rings. The third-order valence-corrected chi connectivity index (χ3v) is 5.10. The molecule has 0 amide bonds. The summed E-state index contributed by atoms with van der Waals surface area (Å²) >= 11 is 0. The molecule has 3 N–H and O–H groups in total. The number of fused-ring (bicyclic) bond motifs is 3. The van der Waals surface area contributed by atoms with Crippen molar-refractivity contribution in [2.75, 3.05) is 5.32 Å². The van der Waals surface area contributed by atoms with Crippen molar-refractivity contribution in [3.63, 3.8) is 0 Å². The summed E-state index contributed by atoms with van der Waals surface area (Å²) in [5.41, 5.74) is 6.04. The highest BCUT2D eigenvalue weighted by atomic mass is 16.4. The normalized spacial score (nSPS) is 15.4. The first-order chi connectivity index (χ1) is 13.6. The maximum Gasteiger partial charge on any atom is 0.326 e.